The first-order valence-electron chi connectivity index (χ1n) is 16.2. The zero-order chi connectivity index (χ0) is 31.2. The number of allylic oxidation sites excluding steroid dienone is 4. The number of hydrogen-bond donors (Lipinski definition) is 3. The van der Waals surface area contributed by atoms with Crippen LogP contribution in [0.4, 0.5) is 8.78 Å². The Balaban J connectivity index is 1.18. The van der Waals surface area contributed by atoms with Crippen LogP contribution < -0.4 is 5.73 Å². The largest absolute Gasteiger partial charge is 0.390 e. The number of Topliss-reactive ketones (excluding diaryl/α,β-unsaturated/α-hetero) is 1. The van der Waals surface area contributed by atoms with Crippen LogP contribution in [0.2, 0.25) is 0 Å². The van der Waals surface area contributed by atoms with Crippen molar-refractivity contribution in [1.82, 2.24) is 0 Å². The number of aliphatic hydroxyl groups excluding tert-OH is 2. The van der Waals surface area contributed by atoms with E-state index in [0.29, 0.717) is 12.0 Å². The third-order valence-corrected chi connectivity index (χ3v) is 12.6. The van der Waals surface area contributed by atoms with Crippen LogP contribution in [0.1, 0.15) is 76.2 Å². The molecule has 9 heteroatoms. The van der Waals surface area contributed by atoms with Gasteiger partial charge in [0.05, 0.1) is 12.2 Å². The molecule has 10 atom stereocenters. The van der Waals surface area contributed by atoms with Gasteiger partial charge in [-0.3, -0.25) is 9.59 Å². The Morgan fingerprint density at radius 3 is 2.48 bits per heavy atom. The molecule has 7 rings (SSSR count). The molecule has 238 valence electrons. The number of carbonyl (C=O) groups is 2. The van der Waals surface area contributed by atoms with E-state index in [1.807, 2.05) is 12.1 Å². The molecule has 4 N–H and O–H groups in total. The number of nitrogens with two attached hydrogens (primary N) is 1. The molecule has 6 aliphatic rings. The highest BCUT2D eigenvalue weighted by Gasteiger charge is 2.80. The van der Waals surface area contributed by atoms with Crippen molar-refractivity contribution >= 4 is 11.6 Å². The number of carbonyl (C=O) groups excluding carboxylic acids is 2. The normalized spacial score (nSPS) is 47.8. The van der Waals surface area contributed by atoms with Gasteiger partial charge in [0.1, 0.15) is 12.8 Å². The van der Waals surface area contributed by atoms with Crippen molar-refractivity contribution in [2.24, 2.45) is 34.3 Å². The molecule has 5 fully saturated rings. The fourth-order valence-corrected chi connectivity index (χ4v) is 10.3. The van der Waals surface area contributed by atoms with Gasteiger partial charge >= 0.3 is 0 Å². The topological polar surface area (TPSA) is 119 Å². The molecule has 4 saturated carbocycles. The Morgan fingerprint density at radius 1 is 1.09 bits per heavy atom. The fraction of sp³-hybridized carbons (Fsp3) is 0.657. The molecule has 0 aromatic heterocycles. The van der Waals surface area contributed by atoms with Gasteiger partial charge in [-0.1, -0.05) is 37.3 Å². The van der Waals surface area contributed by atoms with Crippen molar-refractivity contribution in [2.45, 2.75) is 107 Å². The molecule has 5 aliphatic carbocycles. The van der Waals surface area contributed by atoms with Crippen molar-refractivity contribution in [1.29, 1.82) is 0 Å². The standard InChI is InChI=1S/C35H43F2NO6/c1-32-12-11-23(40)14-26(32)27(36)15-25-24-16-30-35(29(42)18-39,33(24,2)17-28(41)34(25,32)37)44-31(43-30)21-7-3-19(4-8-21)13-20-5-9-22(38)10-6-20/h3-4,7-8,11-12,14,20,22,24-25,27-28,30-31,39,41H,5-6,9-10,13,15-18,38H2,1-2H3/t20?,22?,24-,25-,27-,28-,30+,31+,32-,33-,34-,35+/m0/s1. The molecule has 1 aliphatic heterocycles. The Kier molecular flexibility index (Phi) is 7.15. The Morgan fingerprint density at radius 2 is 1.80 bits per heavy atom. The first kappa shape index (κ1) is 30.4. The molecule has 0 radical (unpaired) electrons. The maximum Gasteiger partial charge on any atom is 0.193 e. The van der Waals surface area contributed by atoms with Gasteiger partial charge in [0, 0.05) is 28.4 Å². The maximum absolute atomic E-state index is 17.5. The molecule has 1 heterocycles. The van der Waals surface area contributed by atoms with E-state index in [1.165, 1.54) is 17.7 Å². The number of aliphatic hydroxyl groups is 2. The van der Waals surface area contributed by atoms with Crippen molar-refractivity contribution < 1.29 is 38.1 Å². The van der Waals surface area contributed by atoms with E-state index in [4.69, 9.17) is 15.2 Å². The third kappa shape index (κ3) is 4.01. The molecule has 0 bridgehead atoms. The van der Waals surface area contributed by atoms with E-state index < -0.39 is 76.8 Å². The Bertz CT molecular complexity index is 1410. The molecular formula is C35H43F2NO6. The van der Waals surface area contributed by atoms with E-state index in [1.54, 1.807) is 13.8 Å². The summed E-state index contributed by atoms with van der Waals surface area (Å²) in [5, 5.41) is 21.8. The molecule has 1 aromatic rings. The zero-order valence-electron chi connectivity index (χ0n) is 25.4. The van der Waals surface area contributed by atoms with Crippen LogP contribution in [0.15, 0.2) is 48.1 Å². The minimum atomic E-state index is -2.27. The van der Waals surface area contributed by atoms with Crippen LogP contribution in [0, 0.1) is 28.6 Å². The summed E-state index contributed by atoms with van der Waals surface area (Å²) in [4.78, 5) is 25.8. The van der Waals surface area contributed by atoms with Crippen LogP contribution in [0.3, 0.4) is 0 Å². The summed E-state index contributed by atoms with van der Waals surface area (Å²) in [6, 6.07) is 8.28. The Hall–Kier alpha value is -2.30. The lowest BCUT2D eigenvalue weighted by Crippen LogP contribution is -2.70. The second-order valence-corrected chi connectivity index (χ2v) is 14.7. The predicted molar refractivity (Wildman–Crippen MR) is 158 cm³/mol. The molecule has 1 aromatic carbocycles. The number of ether oxygens (including phenoxy) is 2. The van der Waals surface area contributed by atoms with Crippen LogP contribution in [-0.2, 0) is 25.5 Å². The van der Waals surface area contributed by atoms with Gasteiger partial charge in [-0.05, 0) is 93.4 Å². The summed E-state index contributed by atoms with van der Waals surface area (Å²) in [5.74, 6) is -1.93. The average Bonchev–Trinajstić information content (AvgIpc) is 3.50. The minimum absolute atomic E-state index is 0.0498. The summed E-state index contributed by atoms with van der Waals surface area (Å²) in [7, 11) is 0. The summed E-state index contributed by atoms with van der Waals surface area (Å²) in [5.41, 5.74) is 1.48. The smallest absolute Gasteiger partial charge is 0.193 e. The van der Waals surface area contributed by atoms with Crippen molar-refractivity contribution in [3.8, 4) is 0 Å². The van der Waals surface area contributed by atoms with Crippen molar-refractivity contribution in [2.75, 3.05) is 6.61 Å². The number of halogens is 2. The number of ketones is 2. The minimum Gasteiger partial charge on any atom is -0.390 e. The fourth-order valence-electron chi connectivity index (χ4n) is 10.3. The number of rotatable bonds is 5. The highest BCUT2D eigenvalue weighted by Crippen LogP contribution is 2.72. The highest BCUT2D eigenvalue weighted by atomic mass is 19.1. The third-order valence-electron chi connectivity index (χ3n) is 12.6. The van der Waals surface area contributed by atoms with Gasteiger partial charge in [-0.2, -0.15) is 0 Å². The predicted octanol–water partition coefficient (Wildman–Crippen LogP) is 4.39. The average molecular weight is 612 g/mol. The maximum atomic E-state index is 17.5. The van der Waals surface area contributed by atoms with E-state index in [0.717, 1.165) is 43.7 Å². The summed E-state index contributed by atoms with van der Waals surface area (Å²) in [6.45, 7) is 2.54. The molecule has 0 spiro atoms. The summed E-state index contributed by atoms with van der Waals surface area (Å²) in [6.07, 6.45) is 4.09. The lowest BCUT2D eigenvalue weighted by molar-refractivity contribution is -0.235. The zero-order valence-corrected chi connectivity index (χ0v) is 25.4. The molecule has 0 unspecified atom stereocenters. The van der Waals surface area contributed by atoms with E-state index >= 15 is 8.78 Å². The number of alkyl halides is 2. The van der Waals surface area contributed by atoms with E-state index in [2.05, 4.69) is 12.1 Å². The summed E-state index contributed by atoms with van der Waals surface area (Å²) >= 11 is 0. The lowest BCUT2D eigenvalue weighted by Gasteiger charge is -2.63. The second-order valence-electron chi connectivity index (χ2n) is 14.7. The second kappa shape index (κ2) is 10.4. The van der Waals surface area contributed by atoms with Gasteiger partial charge in [-0.15, -0.1) is 0 Å². The molecule has 1 saturated heterocycles. The van der Waals surface area contributed by atoms with Crippen LogP contribution in [0.5, 0.6) is 0 Å². The quantitative estimate of drug-likeness (QED) is 0.452. The Labute approximate surface area is 256 Å². The highest BCUT2D eigenvalue weighted by molar-refractivity contribution is 6.01. The van der Waals surface area contributed by atoms with Gasteiger partial charge in [-0.25, -0.2) is 8.78 Å². The first-order chi connectivity index (χ1) is 20.9. The van der Waals surface area contributed by atoms with E-state index in [-0.39, 0.29) is 24.8 Å². The molecule has 44 heavy (non-hydrogen) atoms. The number of hydrogen-bond acceptors (Lipinski definition) is 7. The lowest BCUT2D eigenvalue weighted by atomic mass is 9.44. The van der Waals surface area contributed by atoms with Gasteiger partial charge in [0.25, 0.3) is 0 Å². The van der Waals surface area contributed by atoms with Gasteiger partial charge in [0.15, 0.2) is 29.1 Å². The van der Waals surface area contributed by atoms with Crippen LogP contribution >= 0.6 is 0 Å². The van der Waals surface area contributed by atoms with Crippen LogP contribution in [-0.4, -0.2) is 64.1 Å². The van der Waals surface area contributed by atoms with Gasteiger partial charge < -0.3 is 25.4 Å². The molecular weight excluding hydrogens is 568 g/mol. The number of benzene rings is 1. The summed E-state index contributed by atoms with van der Waals surface area (Å²) < 4.78 is 46.4. The molecule has 0 amide bonds. The van der Waals surface area contributed by atoms with Crippen molar-refractivity contribution in [3.63, 3.8) is 0 Å². The SMILES string of the molecule is C[C@]12C=CC(=O)C=C1[C@@H](F)C[C@H]1[C@@H]3C[C@H]4O[C@@H](c5ccc(CC6CCC(N)CC6)cc5)O[C@@]4(C(=O)CO)[C@@]3(C)C[C@H](O)[C@@]12F. The van der Waals surface area contributed by atoms with E-state index in [9.17, 15) is 19.8 Å². The van der Waals surface area contributed by atoms with Crippen LogP contribution in [0.25, 0.3) is 0 Å². The van der Waals surface area contributed by atoms with Crippen molar-refractivity contribution in [3.05, 3.63) is 59.2 Å². The molecule has 7 nitrogen and oxygen atoms in total. The van der Waals surface area contributed by atoms with Gasteiger partial charge in [0.2, 0.25) is 0 Å². The number of fused-ring (bicyclic) bond motifs is 7. The monoisotopic (exact) mass is 611 g/mol. The first-order valence-corrected chi connectivity index (χ1v) is 16.2.